The Bertz CT molecular complexity index is 1140. The number of nitrogens with one attached hydrogen (secondary N) is 2. The molecule has 0 unspecified atom stereocenters. The van der Waals surface area contributed by atoms with Crippen molar-refractivity contribution in [2.24, 2.45) is 5.92 Å². The van der Waals surface area contributed by atoms with Gasteiger partial charge in [0.05, 0.1) is 22.3 Å². The lowest BCUT2D eigenvalue weighted by molar-refractivity contribution is -0.140. The molecule has 0 saturated heterocycles. The molecule has 37 heavy (non-hydrogen) atoms. The second kappa shape index (κ2) is 11.6. The van der Waals surface area contributed by atoms with Gasteiger partial charge >= 0.3 is 12.1 Å². The summed E-state index contributed by atoms with van der Waals surface area (Å²) in [6.45, 7) is 0.993. The predicted octanol–water partition coefficient (Wildman–Crippen LogP) is 4.51. The third kappa shape index (κ3) is 6.89. The topological polar surface area (TPSA) is 113 Å². The van der Waals surface area contributed by atoms with Crippen LogP contribution < -0.4 is 10.6 Å². The first-order valence-corrected chi connectivity index (χ1v) is 12.6. The second-order valence-corrected chi connectivity index (χ2v) is 9.81. The summed E-state index contributed by atoms with van der Waals surface area (Å²) in [6, 6.07) is 2.79. The zero-order chi connectivity index (χ0) is 26.6. The van der Waals surface area contributed by atoms with Crippen molar-refractivity contribution in [2.45, 2.75) is 63.3 Å². The van der Waals surface area contributed by atoms with Crippen LogP contribution in [0.4, 0.5) is 19.0 Å². The quantitative estimate of drug-likeness (QED) is 0.406. The number of fused-ring (bicyclic) bond motifs is 1. The van der Waals surface area contributed by atoms with Crippen molar-refractivity contribution in [3.63, 3.8) is 0 Å². The molecule has 4 rings (SSSR count). The number of rotatable bonds is 10. The number of ether oxygens (including phenoxy) is 1. The zero-order valence-corrected chi connectivity index (χ0v) is 20.7. The average Bonchev–Trinajstić information content (AvgIpc) is 2.83. The summed E-state index contributed by atoms with van der Waals surface area (Å²) in [6.07, 6.45) is 2.10. The number of aromatic nitrogens is 2. The van der Waals surface area contributed by atoms with Gasteiger partial charge < -0.3 is 20.5 Å². The van der Waals surface area contributed by atoms with Crippen molar-refractivity contribution in [2.75, 3.05) is 18.5 Å². The smallest absolute Gasteiger partial charge is 0.418 e. The molecule has 1 aliphatic carbocycles. The van der Waals surface area contributed by atoms with E-state index in [1.54, 1.807) is 0 Å². The van der Waals surface area contributed by atoms with Crippen molar-refractivity contribution in [3.8, 4) is 0 Å². The molecule has 3 N–H and O–H groups in total. The number of carboxylic acid groups (broad SMARTS) is 1. The summed E-state index contributed by atoms with van der Waals surface area (Å²) in [4.78, 5) is 32.2. The summed E-state index contributed by atoms with van der Waals surface area (Å²) in [7, 11) is 0. The van der Waals surface area contributed by atoms with Gasteiger partial charge in [-0.3, -0.25) is 9.78 Å². The van der Waals surface area contributed by atoms with E-state index in [4.69, 9.17) is 21.3 Å². The van der Waals surface area contributed by atoms with Crippen LogP contribution in [0.15, 0.2) is 24.5 Å². The first-order valence-electron chi connectivity index (χ1n) is 12.2. The van der Waals surface area contributed by atoms with Gasteiger partial charge in [-0.05, 0) is 56.1 Å². The molecule has 0 bridgehead atoms. The lowest BCUT2D eigenvalue weighted by Crippen LogP contribution is -2.43. The van der Waals surface area contributed by atoms with Gasteiger partial charge in [-0.1, -0.05) is 17.7 Å². The molecule has 0 aromatic carbocycles. The average molecular weight is 541 g/mol. The number of amides is 1. The molecule has 1 fully saturated rings. The number of hydrogen-bond acceptors (Lipinski definition) is 6. The Morgan fingerprint density at radius 2 is 2.05 bits per heavy atom. The maximum absolute atomic E-state index is 13.3. The number of pyridine rings is 2. The summed E-state index contributed by atoms with van der Waals surface area (Å²) < 4.78 is 45.5. The van der Waals surface area contributed by atoms with E-state index >= 15 is 0 Å². The molecule has 1 amide bonds. The molecule has 1 atom stereocenters. The third-order valence-electron chi connectivity index (χ3n) is 6.75. The highest BCUT2D eigenvalue weighted by atomic mass is 35.5. The lowest BCUT2D eigenvalue weighted by Gasteiger charge is -2.35. The molecule has 200 valence electrons. The molecule has 1 aliphatic heterocycles. The molecule has 0 spiro atoms. The van der Waals surface area contributed by atoms with E-state index in [2.05, 4.69) is 27.8 Å². The van der Waals surface area contributed by atoms with E-state index in [1.165, 1.54) is 5.56 Å². The highest BCUT2D eigenvalue weighted by Gasteiger charge is 2.38. The SMILES string of the molecule is O=C(N[C@@H](CCO[C@H]1C[C@@H](CCc2ccc3c(n2)NCCC3)C1)C(=O)O)c1c(Cl)cncc1C(F)(F)F. The molecule has 2 aromatic heterocycles. The minimum atomic E-state index is -4.87. The number of aryl methyl sites for hydroxylation is 2. The van der Waals surface area contributed by atoms with Crippen LogP contribution in [0.5, 0.6) is 0 Å². The van der Waals surface area contributed by atoms with Crippen LogP contribution in [0, 0.1) is 5.92 Å². The number of carbonyl (C=O) groups excluding carboxylic acids is 1. The van der Waals surface area contributed by atoms with Crippen LogP contribution in [0.25, 0.3) is 0 Å². The summed E-state index contributed by atoms with van der Waals surface area (Å²) in [5, 5.41) is 14.4. The molecule has 3 heterocycles. The Morgan fingerprint density at radius 3 is 2.78 bits per heavy atom. The van der Waals surface area contributed by atoms with E-state index in [0.29, 0.717) is 12.1 Å². The van der Waals surface area contributed by atoms with Gasteiger partial charge in [0, 0.05) is 37.7 Å². The Kier molecular flexibility index (Phi) is 8.53. The Balaban J connectivity index is 1.21. The Morgan fingerprint density at radius 1 is 1.27 bits per heavy atom. The number of nitrogens with zero attached hydrogens (tertiary/aromatic N) is 2. The third-order valence-corrected chi connectivity index (χ3v) is 7.04. The molecule has 2 aliphatic rings. The second-order valence-electron chi connectivity index (χ2n) is 9.40. The fourth-order valence-corrected chi connectivity index (χ4v) is 4.87. The minimum Gasteiger partial charge on any atom is -0.480 e. The van der Waals surface area contributed by atoms with Crippen LogP contribution >= 0.6 is 11.6 Å². The molecule has 2 aromatic rings. The number of halogens is 4. The van der Waals surface area contributed by atoms with E-state index < -0.39 is 40.2 Å². The first kappa shape index (κ1) is 27.1. The van der Waals surface area contributed by atoms with Crippen molar-refractivity contribution >= 4 is 29.3 Å². The zero-order valence-electron chi connectivity index (χ0n) is 20.0. The number of anilines is 1. The van der Waals surface area contributed by atoms with Gasteiger partial charge in [-0.15, -0.1) is 0 Å². The van der Waals surface area contributed by atoms with Crippen LogP contribution in [0.3, 0.4) is 0 Å². The molecular weight excluding hydrogens is 513 g/mol. The summed E-state index contributed by atoms with van der Waals surface area (Å²) in [5.74, 6) is -1.14. The highest BCUT2D eigenvalue weighted by Crippen LogP contribution is 2.35. The summed E-state index contributed by atoms with van der Waals surface area (Å²) >= 11 is 5.77. The van der Waals surface area contributed by atoms with Crippen molar-refractivity contribution in [3.05, 3.63) is 51.9 Å². The molecule has 0 radical (unpaired) electrons. The van der Waals surface area contributed by atoms with E-state index in [0.717, 1.165) is 62.8 Å². The molecular formula is C25H28ClF3N4O4. The fourth-order valence-electron chi connectivity index (χ4n) is 4.63. The molecule has 12 heteroatoms. The van der Waals surface area contributed by atoms with E-state index in [1.807, 2.05) is 0 Å². The van der Waals surface area contributed by atoms with E-state index in [-0.39, 0.29) is 19.1 Å². The predicted molar refractivity (Wildman–Crippen MR) is 130 cm³/mol. The van der Waals surface area contributed by atoms with Gasteiger partial charge in [0.2, 0.25) is 0 Å². The van der Waals surface area contributed by atoms with Crippen molar-refractivity contribution in [1.29, 1.82) is 0 Å². The minimum absolute atomic E-state index is 0.0141. The maximum atomic E-state index is 13.3. The van der Waals surface area contributed by atoms with Crippen LogP contribution in [-0.4, -0.2) is 52.2 Å². The normalized spacial score (nSPS) is 19.8. The van der Waals surface area contributed by atoms with Crippen molar-refractivity contribution in [1.82, 2.24) is 15.3 Å². The fraction of sp³-hybridized carbons (Fsp3) is 0.520. The number of alkyl halides is 3. The first-order chi connectivity index (χ1) is 17.6. The van der Waals surface area contributed by atoms with Crippen LogP contribution in [-0.2, 0) is 28.5 Å². The standard InChI is InChI=1S/C25H28ClF3N4O4/c26-19-13-30-12-18(25(27,28)29)21(19)23(34)33-20(24(35)36)7-9-37-17-10-14(11-17)3-5-16-6-4-15-2-1-8-31-22(15)32-16/h4,6,12-14,17,20H,1-3,5,7-11H2,(H,31,32)(H,33,34)(H,35,36)/t14-,17+,20-/m0/s1. The molecule has 8 nitrogen and oxygen atoms in total. The van der Waals surface area contributed by atoms with Gasteiger partial charge in [-0.25, -0.2) is 9.78 Å². The van der Waals surface area contributed by atoms with Crippen LogP contribution in [0.1, 0.15) is 59.3 Å². The number of carbonyl (C=O) groups is 2. The Hall–Kier alpha value is -2.92. The largest absolute Gasteiger partial charge is 0.480 e. The van der Waals surface area contributed by atoms with Gasteiger partial charge in [0.25, 0.3) is 5.91 Å². The summed E-state index contributed by atoms with van der Waals surface area (Å²) in [5.41, 5.74) is 0.121. The van der Waals surface area contributed by atoms with Gasteiger partial charge in [-0.2, -0.15) is 13.2 Å². The van der Waals surface area contributed by atoms with E-state index in [9.17, 15) is 27.9 Å². The lowest BCUT2D eigenvalue weighted by atomic mass is 9.79. The van der Waals surface area contributed by atoms with Crippen molar-refractivity contribution < 1.29 is 32.6 Å². The van der Waals surface area contributed by atoms with Gasteiger partial charge in [0.1, 0.15) is 11.9 Å². The highest BCUT2D eigenvalue weighted by molar-refractivity contribution is 6.34. The maximum Gasteiger partial charge on any atom is 0.418 e. The number of aliphatic carboxylic acids is 1. The van der Waals surface area contributed by atoms with Crippen LogP contribution in [0.2, 0.25) is 5.02 Å². The molecule has 1 saturated carbocycles. The Labute approximate surface area is 217 Å². The number of hydrogen-bond donors (Lipinski definition) is 3. The number of carboxylic acids is 1. The van der Waals surface area contributed by atoms with Gasteiger partial charge in [0.15, 0.2) is 0 Å². The monoisotopic (exact) mass is 540 g/mol.